The minimum absolute atomic E-state index is 0.0608. The van der Waals surface area contributed by atoms with E-state index in [-0.39, 0.29) is 28.7 Å². The summed E-state index contributed by atoms with van der Waals surface area (Å²) in [7, 11) is 2.86. The first-order valence-corrected chi connectivity index (χ1v) is 12.9. The van der Waals surface area contributed by atoms with E-state index in [2.05, 4.69) is 5.32 Å². The normalized spacial score (nSPS) is 13.7. The predicted molar refractivity (Wildman–Crippen MR) is 148 cm³/mol. The lowest BCUT2D eigenvalue weighted by molar-refractivity contribution is -0.139. The highest BCUT2D eigenvalue weighted by molar-refractivity contribution is 6.34. The Morgan fingerprint density at radius 3 is 2.25 bits per heavy atom. The summed E-state index contributed by atoms with van der Waals surface area (Å²) in [5, 5.41) is 12.4. The molecule has 2 amide bonds. The van der Waals surface area contributed by atoms with Crippen molar-refractivity contribution >= 4 is 35.0 Å². The summed E-state index contributed by atoms with van der Waals surface area (Å²) in [5.74, 6) is -1.74. The van der Waals surface area contributed by atoms with Crippen molar-refractivity contribution < 1.29 is 33.4 Å². The molecule has 1 aliphatic rings. The molecule has 1 heterocycles. The van der Waals surface area contributed by atoms with Gasteiger partial charge >= 0.3 is 5.97 Å². The molecule has 0 aliphatic carbocycles. The molecule has 0 aromatic heterocycles. The van der Waals surface area contributed by atoms with Crippen LogP contribution in [-0.4, -0.2) is 61.1 Å². The molecule has 0 radical (unpaired) electrons. The maximum absolute atomic E-state index is 13.2. The van der Waals surface area contributed by atoms with Crippen LogP contribution in [0.2, 0.25) is 5.02 Å². The summed E-state index contributed by atoms with van der Waals surface area (Å²) >= 11 is 6.23. The number of hydrogen-bond donors (Lipinski definition) is 2. The number of ether oxygens (including phenoxy) is 2. The van der Waals surface area contributed by atoms with E-state index < -0.39 is 17.9 Å². The number of benzene rings is 3. The molecule has 208 valence electrons. The van der Waals surface area contributed by atoms with Crippen molar-refractivity contribution in [3.8, 4) is 11.5 Å². The second kappa shape index (κ2) is 12.7. The van der Waals surface area contributed by atoms with Gasteiger partial charge in [0, 0.05) is 31.1 Å². The summed E-state index contributed by atoms with van der Waals surface area (Å²) in [6.45, 7) is 0.953. The monoisotopic (exact) mass is 566 g/mol. The van der Waals surface area contributed by atoms with Gasteiger partial charge in [0.2, 0.25) is 0 Å². The summed E-state index contributed by atoms with van der Waals surface area (Å²) < 4.78 is 23.6. The third-order valence-corrected chi connectivity index (χ3v) is 6.99. The lowest BCUT2D eigenvalue weighted by Crippen LogP contribution is -2.42. The fourth-order valence-electron chi connectivity index (χ4n) is 4.45. The van der Waals surface area contributed by atoms with Crippen LogP contribution in [0.1, 0.15) is 38.3 Å². The number of carboxylic acid groups (broad SMARTS) is 1. The van der Waals surface area contributed by atoms with Crippen molar-refractivity contribution in [2.24, 2.45) is 0 Å². The van der Waals surface area contributed by atoms with Crippen molar-refractivity contribution in [1.82, 2.24) is 10.2 Å². The molecular weight excluding hydrogens is 539 g/mol. The van der Waals surface area contributed by atoms with Gasteiger partial charge < -0.3 is 24.8 Å². The summed E-state index contributed by atoms with van der Waals surface area (Å²) in [5.41, 5.74) is 3.26. The van der Waals surface area contributed by atoms with E-state index >= 15 is 0 Å². The van der Waals surface area contributed by atoms with Crippen molar-refractivity contribution in [1.29, 1.82) is 0 Å². The number of amides is 2. The zero-order valence-corrected chi connectivity index (χ0v) is 22.7. The van der Waals surface area contributed by atoms with Crippen LogP contribution < -0.4 is 14.8 Å². The molecular formula is C30H28ClFN2O6. The predicted octanol–water partition coefficient (Wildman–Crippen LogP) is 4.85. The van der Waals surface area contributed by atoms with Crippen molar-refractivity contribution in [2.45, 2.75) is 18.9 Å². The number of carbonyl (C=O) groups is 3. The molecule has 4 rings (SSSR count). The van der Waals surface area contributed by atoms with Crippen LogP contribution in [0.15, 0.2) is 66.7 Å². The minimum Gasteiger partial charge on any atom is -0.493 e. The second-order valence-corrected chi connectivity index (χ2v) is 9.60. The van der Waals surface area contributed by atoms with E-state index in [1.165, 1.54) is 50.6 Å². The van der Waals surface area contributed by atoms with E-state index in [4.69, 9.17) is 21.1 Å². The molecule has 2 N–H and O–H groups in total. The van der Waals surface area contributed by atoms with Gasteiger partial charge in [-0.1, -0.05) is 41.9 Å². The summed E-state index contributed by atoms with van der Waals surface area (Å²) in [4.78, 5) is 39.2. The van der Waals surface area contributed by atoms with Gasteiger partial charge in [0.25, 0.3) is 11.8 Å². The Morgan fingerprint density at radius 1 is 1.02 bits per heavy atom. The van der Waals surface area contributed by atoms with Gasteiger partial charge in [-0.2, -0.15) is 0 Å². The average Bonchev–Trinajstić information content (AvgIpc) is 2.97. The topological polar surface area (TPSA) is 105 Å². The number of nitrogens with one attached hydrogen (secondary N) is 1. The van der Waals surface area contributed by atoms with Crippen LogP contribution in [0.5, 0.6) is 11.5 Å². The van der Waals surface area contributed by atoms with Crippen molar-refractivity contribution in [3.63, 3.8) is 0 Å². The number of nitrogens with zero attached hydrogens (tertiary/aromatic N) is 1. The Balaban J connectivity index is 1.40. The Morgan fingerprint density at radius 2 is 1.68 bits per heavy atom. The van der Waals surface area contributed by atoms with E-state index in [9.17, 15) is 23.9 Å². The first-order valence-electron chi connectivity index (χ1n) is 12.5. The van der Waals surface area contributed by atoms with Gasteiger partial charge in [-0.15, -0.1) is 0 Å². The molecule has 0 spiro atoms. The quantitative estimate of drug-likeness (QED) is 0.384. The molecule has 0 saturated heterocycles. The van der Waals surface area contributed by atoms with E-state index in [1.54, 1.807) is 4.90 Å². The van der Waals surface area contributed by atoms with Gasteiger partial charge in [-0.25, -0.2) is 9.18 Å². The fraction of sp³-hybridized carbons (Fsp3) is 0.233. The van der Waals surface area contributed by atoms with Gasteiger partial charge in [0.1, 0.15) is 11.9 Å². The second-order valence-electron chi connectivity index (χ2n) is 9.19. The zero-order valence-electron chi connectivity index (χ0n) is 21.9. The molecule has 10 heteroatoms. The van der Waals surface area contributed by atoms with Gasteiger partial charge in [-0.3, -0.25) is 9.59 Å². The number of carbonyl (C=O) groups excluding carboxylic acids is 2. The highest BCUT2D eigenvalue weighted by atomic mass is 35.5. The molecule has 40 heavy (non-hydrogen) atoms. The fourth-order valence-corrected chi connectivity index (χ4v) is 4.69. The Hall–Kier alpha value is -4.37. The van der Waals surface area contributed by atoms with Crippen molar-refractivity contribution in [2.75, 3.05) is 27.3 Å². The molecule has 1 aliphatic heterocycles. The highest BCUT2D eigenvalue weighted by Gasteiger charge is 2.24. The first kappa shape index (κ1) is 28.6. The molecule has 3 aromatic rings. The molecule has 0 fully saturated rings. The average molecular weight is 567 g/mol. The highest BCUT2D eigenvalue weighted by Crippen LogP contribution is 2.33. The Kier molecular flexibility index (Phi) is 9.06. The maximum Gasteiger partial charge on any atom is 0.326 e. The number of aliphatic carboxylic acids is 1. The van der Waals surface area contributed by atoms with Gasteiger partial charge in [0.15, 0.2) is 11.5 Å². The van der Waals surface area contributed by atoms with E-state index in [1.807, 2.05) is 30.3 Å². The Bertz CT molecular complexity index is 1440. The number of methoxy groups -OCH3 is 2. The van der Waals surface area contributed by atoms with Crippen LogP contribution in [0.4, 0.5) is 4.39 Å². The molecule has 3 aromatic carbocycles. The number of rotatable bonds is 9. The first-order chi connectivity index (χ1) is 19.2. The van der Waals surface area contributed by atoms with Crippen LogP contribution in [0.25, 0.3) is 5.57 Å². The molecule has 0 unspecified atom stereocenters. The largest absolute Gasteiger partial charge is 0.493 e. The van der Waals surface area contributed by atoms with Crippen LogP contribution in [0, 0.1) is 5.82 Å². The van der Waals surface area contributed by atoms with E-state index in [0.29, 0.717) is 36.6 Å². The number of carboxylic acids is 1. The summed E-state index contributed by atoms with van der Waals surface area (Å²) in [6.07, 6.45) is 2.69. The van der Waals surface area contributed by atoms with E-state index in [0.717, 1.165) is 16.7 Å². The van der Waals surface area contributed by atoms with Crippen LogP contribution >= 0.6 is 11.6 Å². The SMILES string of the molecule is COc1cc(Cl)c(C(=O)N[C@@H](Cc2ccc(C3=CCN(C(=O)c4ccc(F)cc4)CC3)cc2)C(=O)O)cc1OC. The van der Waals surface area contributed by atoms with Crippen molar-refractivity contribution in [3.05, 3.63) is 99.8 Å². The standard InChI is InChI=1S/C30H28ClFN2O6/c1-39-26-16-23(24(31)17-27(26)40-2)28(35)33-25(30(37)38)15-18-3-5-19(6-4-18)20-11-13-34(14-12-20)29(36)21-7-9-22(32)10-8-21/h3-11,16-17,25H,12-15H2,1-2H3,(H,33,35)(H,37,38)/t25-/m0/s1. The van der Waals surface area contributed by atoms with Crippen LogP contribution in [0.3, 0.4) is 0 Å². The molecule has 0 bridgehead atoms. The summed E-state index contributed by atoms with van der Waals surface area (Å²) in [6, 6.07) is 14.6. The smallest absolute Gasteiger partial charge is 0.326 e. The van der Waals surface area contributed by atoms with Gasteiger partial charge in [0.05, 0.1) is 24.8 Å². The lowest BCUT2D eigenvalue weighted by atomic mass is 9.96. The molecule has 8 nitrogen and oxygen atoms in total. The molecule has 1 atom stereocenters. The molecule has 0 saturated carbocycles. The lowest BCUT2D eigenvalue weighted by Gasteiger charge is -2.27. The van der Waals surface area contributed by atoms with Gasteiger partial charge in [-0.05, 0) is 53.5 Å². The minimum atomic E-state index is -1.19. The number of hydrogen-bond acceptors (Lipinski definition) is 5. The third kappa shape index (κ3) is 6.60. The van der Waals surface area contributed by atoms with Crippen LogP contribution in [-0.2, 0) is 11.2 Å². The third-order valence-electron chi connectivity index (χ3n) is 6.67. The zero-order chi connectivity index (χ0) is 28.8. The Labute approximate surface area is 236 Å². The maximum atomic E-state index is 13.2. The number of halogens is 2.